The first-order valence-corrected chi connectivity index (χ1v) is 5.39. The van der Waals surface area contributed by atoms with E-state index < -0.39 is 12.1 Å². The zero-order chi connectivity index (χ0) is 12.3. The second-order valence-corrected chi connectivity index (χ2v) is 4.26. The van der Waals surface area contributed by atoms with Crippen LogP contribution in [-0.2, 0) is 11.2 Å². The van der Waals surface area contributed by atoms with E-state index in [9.17, 15) is 9.90 Å². The minimum atomic E-state index is -1.26. The molecule has 0 aliphatic rings. The monoisotopic (exact) mass is 222 g/mol. The molecule has 0 heterocycles. The molecule has 0 spiro atoms. The fourth-order valence-electron chi connectivity index (χ4n) is 1.71. The highest BCUT2D eigenvalue weighted by molar-refractivity contribution is 5.71. The van der Waals surface area contributed by atoms with E-state index in [-0.39, 0.29) is 6.42 Å². The Hall–Kier alpha value is -1.35. The summed E-state index contributed by atoms with van der Waals surface area (Å²) in [5.41, 5.74) is 4.70. The zero-order valence-electron chi connectivity index (χ0n) is 9.95. The van der Waals surface area contributed by atoms with Crippen LogP contribution in [0.4, 0.5) is 0 Å². The number of aliphatic carboxylic acids is 1. The van der Waals surface area contributed by atoms with E-state index in [1.807, 2.05) is 13.8 Å². The van der Waals surface area contributed by atoms with Crippen molar-refractivity contribution in [1.29, 1.82) is 0 Å². The first kappa shape index (κ1) is 12.7. The number of hydrogen-bond donors (Lipinski definition) is 2. The van der Waals surface area contributed by atoms with Gasteiger partial charge in [-0.2, -0.15) is 0 Å². The van der Waals surface area contributed by atoms with E-state index in [0.717, 1.165) is 11.1 Å². The Morgan fingerprint density at radius 3 is 2.31 bits per heavy atom. The first-order chi connectivity index (χ1) is 7.41. The van der Waals surface area contributed by atoms with Crippen molar-refractivity contribution in [3.8, 4) is 0 Å². The van der Waals surface area contributed by atoms with Gasteiger partial charge in [-0.15, -0.1) is 0 Å². The van der Waals surface area contributed by atoms with Crippen molar-refractivity contribution in [2.45, 2.75) is 39.7 Å². The molecule has 0 bridgehead atoms. The summed E-state index contributed by atoms with van der Waals surface area (Å²) >= 11 is 0. The summed E-state index contributed by atoms with van der Waals surface area (Å²) in [4.78, 5) is 10.5. The van der Waals surface area contributed by atoms with E-state index in [0.29, 0.717) is 6.42 Å². The lowest BCUT2D eigenvalue weighted by Gasteiger charge is -2.11. The van der Waals surface area contributed by atoms with Gasteiger partial charge in [0.15, 0.2) is 6.10 Å². The predicted octanol–water partition coefficient (Wildman–Crippen LogP) is 1.99. The van der Waals surface area contributed by atoms with Crippen LogP contribution in [0.2, 0.25) is 0 Å². The van der Waals surface area contributed by atoms with Crippen LogP contribution in [0.5, 0.6) is 0 Å². The molecule has 1 unspecified atom stereocenters. The summed E-state index contributed by atoms with van der Waals surface area (Å²) in [5.74, 6) is -1.15. The molecule has 0 fully saturated rings. The number of benzene rings is 1. The molecule has 16 heavy (non-hydrogen) atoms. The van der Waals surface area contributed by atoms with Crippen LogP contribution in [0.15, 0.2) is 12.1 Å². The normalized spacial score (nSPS) is 12.5. The van der Waals surface area contributed by atoms with Crippen LogP contribution in [-0.4, -0.2) is 22.3 Å². The molecule has 1 rings (SSSR count). The van der Waals surface area contributed by atoms with Gasteiger partial charge < -0.3 is 10.2 Å². The molecule has 2 N–H and O–H groups in total. The summed E-state index contributed by atoms with van der Waals surface area (Å²) in [7, 11) is 0. The van der Waals surface area contributed by atoms with Gasteiger partial charge in [-0.05, 0) is 55.9 Å². The fourth-order valence-corrected chi connectivity index (χ4v) is 1.71. The van der Waals surface area contributed by atoms with Gasteiger partial charge in [0.05, 0.1) is 0 Å². The minimum absolute atomic E-state index is 0.263. The third-order valence-electron chi connectivity index (χ3n) is 2.92. The van der Waals surface area contributed by atoms with Gasteiger partial charge in [0, 0.05) is 0 Å². The Balaban J connectivity index is 2.74. The predicted molar refractivity (Wildman–Crippen MR) is 62.6 cm³/mol. The van der Waals surface area contributed by atoms with Gasteiger partial charge in [-0.1, -0.05) is 12.1 Å². The van der Waals surface area contributed by atoms with Crippen LogP contribution in [0.1, 0.15) is 28.7 Å². The van der Waals surface area contributed by atoms with Gasteiger partial charge >= 0.3 is 5.97 Å². The lowest BCUT2D eigenvalue weighted by Crippen LogP contribution is -2.20. The number of carboxylic acid groups (broad SMARTS) is 1. The molecule has 0 aliphatic carbocycles. The van der Waals surface area contributed by atoms with Crippen molar-refractivity contribution in [3.63, 3.8) is 0 Å². The fraction of sp³-hybridized carbons (Fsp3) is 0.462. The van der Waals surface area contributed by atoms with Crippen LogP contribution in [0.3, 0.4) is 0 Å². The molecule has 0 aromatic heterocycles. The van der Waals surface area contributed by atoms with Gasteiger partial charge in [-0.3, -0.25) is 0 Å². The maximum atomic E-state index is 10.5. The first-order valence-electron chi connectivity index (χ1n) is 5.39. The van der Waals surface area contributed by atoms with Gasteiger partial charge in [0.1, 0.15) is 0 Å². The number of hydrogen-bond acceptors (Lipinski definition) is 2. The molecule has 0 aliphatic heterocycles. The second kappa shape index (κ2) is 5.12. The van der Waals surface area contributed by atoms with Crippen LogP contribution < -0.4 is 0 Å². The molecular weight excluding hydrogens is 204 g/mol. The van der Waals surface area contributed by atoms with Crippen molar-refractivity contribution in [2.75, 3.05) is 0 Å². The van der Waals surface area contributed by atoms with E-state index in [4.69, 9.17) is 5.11 Å². The topological polar surface area (TPSA) is 57.5 Å². The van der Waals surface area contributed by atoms with Gasteiger partial charge in [-0.25, -0.2) is 4.79 Å². The van der Waals surface area contributed by atoms with Gasteiger partial charge in [0.25, 0.3) is 0 Å². The largest absolute Gasteiger partial charge is 0.479 e. The quantitative estimate of drug-likeness (QED) is 0.819. The van der Waals surface area contributed by atoms with Crippen molar-refractivity contribution < 1.29 is 15.0 Å². The molecule has 1 atom stereocenters. The SMILES string of the molecule is Cc1cc(C)c(CCC(O)C(=O)O)cc1C. The van der Waals surface area contributed by atoms with E-state index in [1.54, 1.807) is 0 Å². The van der Waals surface area contributed by atoms with Crippen LogP contribution in [0.25, 0.3) is 0 Å². The van der Waals surface area contributed by atoms with Crippen LogP contribution in [0, 0.1) is 20.8 Å². The lowest BCUT2D eigenvalue weighted by molar-refractivity contribution is -0.146. The van der Waals surface area contributed by atoms with Crippen molar-refractivity contribution in [3.05, 3.63) is 34.4 Å². The van der Waals surface area contributed by atoms with E-state index >= 15 is 0 Å². The Bertz CT molecular complexity index is 396. The number of rotatable bonds is 4. The van der Waals surface area contributed by atoms with E-state index in [2.05, 4.69) is 19.1 Å². The summed E-state index contributed by atoms with van der Waals surface area (Å²) in [6, 6.07) is 4.16. The van der Waals surface area contributed by atoms with E-state index in [1.165, 1.54) is 11.1 Å². The third kappa shape index (κ3) is 3.07. The maximum absolute atomic E-state index is 10.5. The van der Waals surface area contributed by atoms with Crippen molar-refractivity contribution in [2.24, 2.45) is 0 Å². The molecular formula is C13H18O3. The lowest BCUT2D eigenvalue weighted by atomic mass is 9.97. The average Bonchev–Trinajstić information content (AvgIpc) is 2.20. The molecule has 3 heteroatoms. The molecule has 0 radical (unpaired) electrons. The second-order valence-electron chi connectivity index (χ2n) is 4.26. The number of aliphatic hydroxyl groups excluding tert-OH is 1. The summed E-state index contributed by atoms with van der Waals surface area (Å²) in [6.45, 7) is 6.10. The number of aliphatic hydroxyl groups is 1. The minimum Gasteiger partial charge on any atom is -0.479 e. The Labute approximate surface area is 95.7 Å². The summed E-state index contributed by atoms with van der Waals surface area (Å²) in [5, 5.41) is 17.8. The van der Waals surface area contributed by atoms with Gasteiger partial charge in [0.2, 0.25) is 0 Å². The molecule has 3 nitrogen and oxygen atoms in total. The molecule has 1 aromatic rings. The average molecular weight is 222 g/mol. The maximum Gasteiger partial charge on any atom is 0.332 e. The Morgan fingerprint density at radius 1 is 1.19 bits per heavy atom. The highest BCUT2D eigenvalue weighted by Gasteiger charge is 2.13. The van der Waals surface area contributed by atoms with Crippen molar-refractivity contribution in [1.82, 2.24) is 0 Å². The smallest absolute Gasteiger partial charge is 0.332 e. The Kier molecular flexibility index (Phi) is 4.07. The van der Waals surface area contributed by atoms with Crippen molar-refractivity contribution >= 4 is 5.97 Å². The number of aryl methyl sites for hydroxylation is 4. The standard InChI is InChI=1S/C13H18O3/c1-8-6-10(3)11(7-9(8)2)4-5-12(14)13(15)16/h6-7,12,14H,4-5H2,1-3H3,(H,15,16). The summed E-state index contributed by atoms with van der Waals surface area (Å²) < 4.78 is 0. The van der Waals surface area contributed by atoms with Crippen LogP contribution >= 0.6 is 0 Å². The third-order valence-corrected chi connectivity index (χ3v) is 2.92. The molecule has 0 amide bonds. The number of carbonyl (C=O) groups is 1. The molecule has 0 saturated heterocycles. The zero-order valence-corrected chi connectivity index (χ0v) is 9.95. The molecule has 1 aromatic carbocycles. The molecule has 88 valence electrons. The highest BCUT2D eigenvalue weighted by Crippen LogP contribution is 2.17. The highest BCUT2D eigenvalue weighted by atomic mass is 16.4. The number of carboxylic acids is 1. The Morgan fingerprint density at radius 2 is 1.75 bits per heavy atom. The summed E-state index contributed by atoms with van der Waals surface area (Å²) in [6.07, 6.45) is -0.403. The molecule has 0 saturated carbocycles.